The Labute approximate surface area is 176 Å². The van der Waals surface area contributed by atoms with Gasteiger partial charge < -0.3 is 10.6 Å². The quantitative estimate of drug-likeness (QED) is 0.604. The van der Waals surface area contributed by atoms with Crippen molar-refractivity contribution in [2.45, 2.75) is 24.7 Å². The first kappa shape index (κ1) is 18.6. The van der Waals surface area contributed by atoms with Gasteiger partial charge in [0, 0.05) is 23.2 Å². The maximum Gasteiger partial charge on any atom is 0.228 e. The lowest BCUT2D eigenvalue weighted by atomic mass is 10.1. The third kappa shape index (κ3) is 3.99. The van der Waals surface area contributed by atoms with E-state index in [1.807, 2.05) is 60.7 Å². The third-order valence-corrected chi connectivity index (χ3v) is 6.13. The van der Waals surface area contributed by atoms with Crippen LogP contribution in [0.1, 0.15) is 35.8 Å². The molecular formula is C26H24N2O2. The summed E-state index contributed by atoms with van der Waals surface area (Å²) in [6.45, 7) is 0. The van der Waals surface area contributed by atoms with Crippen LogP contribution >= 0.6 is 0 Å². The minimum absolute atomic E-state index is 0.0385. The molecule has 0 spiro atoms. The standard InChI is InChI=1S/C26H24N2O2/c29-25(23-15-21(23)17-7-3-1-4-8-17)27-19-11-13-20(14-12-19)28-26(30)24-16-22(24)18-9-5-2-6-10-18/h1-14,21-24H,15-16H2,(H,27,29)(H,28,30). The number of carbonyl (C=O) groups excluding carboxylic acids is 2. The molecule has 5 rings (SSSR count). The monoisotopic (exact) mass is 396 g/mol. The molecule has 150 valence electrons. The SMILES string of the molecule is O=C(Nc1ccc(NC(=O)C2CC2c2ccccc2)cc1)C1CC1c1ccccc1. The van der Waals surface area contributed by atoms with Gasteiger partial charge in [0.2, 0.25) is 11.8 Å². The van der Waals surface area contributed by atoms with Gasteiger partial charge in [-0.1, -0.05) is 60.7 Å². The summed E-state index contributed by atoms with van der Waals surface area (Å²) in [7, 11) is 0. The Morgan fingerprint density at radius 2 is 0.933 bits per heavy atom. The van der Waals surface area contributed by atoms with Gasteiger partial charge in [-0.2, -0.15) is 0 Å². The number of hydrogen-bond donors (Lipinski definition) is 2. The second kappa shape index (κ2) is 7.79. The summed E-state index contributed by atoms with van der Waals surface area (Å²) in [4.78, 5) is 25.0. The molecule has 2 aliphatic carbocycles. The molecule has 0 bridgehead atoms. The summed E-state index contributed by atoms with van der Waals surface area (Å²) in [5, 5.41) is 5.99. The molecule has 2 N–H and O–H groups in total. The summed E-state index contributed by atoms with van der Waals surface area (Å²) in [6.07, 6.45) is 1.79. The molecule has 2 fully saturated rings. The summed E-state index contributed by atoms with van der Waals surface area (Å²) in [6, 6.07) is 27.7. The summed E-state index contributed by atoms with van der Waals surface area (Å²) < 4.78 is 0. The zero-order valence-corrected chi connectivity index (χ0v) is 16.6. The van der Waals surface area contributed by atoms with E-state index in [0.29, 0.717) is 11.8 Å². The maximum absolute atomic E-state index is 12.5. The van der Waals surface area contributed by atoms with E-state index < -0.39 is 0 Å². The number of benzene rings is 3. The molecule has 3 aromatic carbocycles. The van der Waals surface area contributed by atoms with Gasteiger partial charge in [-0.05, 0) is 60.1 Å². The molecule has 4 heteroatoms. The fourth-order valence-corrected chi connectivity index (χ4v) is 4.21. The van der Waals surface area contributed by atoms with Crippen molar-refractivity contribution >= 4 is 23.2 Å². The Hall–Kier alpha value is -3.40. The highest BCUT2D eigenvalue weighted by molar-refractivity contribution is 5.97. The molecule has 2 amide bonds. The second-order valence-electron chi connectivity index (χ2n) is 8.27. The van der Waals surface area contributed by atoms with Crippen molar-refractivity contribution in [2.75, 3.05) is 10.6 Å². The Balaban J connectivity index is 1.13. The van der Waals surface area contributed by atoms with E-state index in [1.54, 1.807) is 0 Å². The number of carbonyl (C=O) groups is 2. The van der Waals surface area contributed by atoms with Crippen molar-refractivity contribution in [1.29, 1.82) is 0 Å². The summed E-state index contributed by atoms with van der Waals surface area (Å²) >= 11 is 0. The fraction of sp³-hybridized carbons (Fsp3) is 0.231. The van der Waals surface area contributed by atoms with E-state index in [0.717, 1.165) is 24.2 Å². The van der Waals surface area contributed by atoms with Gasteiger partial charge in [0.05, 0.1) is 0 Å². The summed E-state index contributed by atoms with van der Waals surface area (Å²) in [5.41, 5.74) is 3.96. The molecule has 4 atom stereocenters. The van der Waals surface area contributed by atoms with Gasteiger partial charge in [-0.25, -0.2) is 0 Å². The number of rotatable bonds is 6. The smallest absolute Gasteiger partial charge is 0.228 e. The molecule has 0 aliphatic heterocycles. The minimum atomic E-state index is 0.0385. The van der Waals surface area contributed by atoms with E-state index in [2.05, 4.69) is 34.9 Å². The van der Waals surface area contributed by atoms with Crippen molar-refractivity contribution < 1.29 is 9.59 Å². The van der Waals surface area contributed by atoms with Gasteiger partial charge in [0.15, 0.2) is 0 Å². The van der Waals surface area contributed by atoms with E-state index in [-0.39, 0.29) is 23.7 Å². The van der Waals surface area contributed by atoms with E-state index >= 15 is 0 Å². The van der Waals surface area contributed by atoms with E-state index in [4.69, 9.17) is 0 Å². The average molecular weight is 396 g/mol. The van der Waals surface area contributed by atoms with Gasteiger partial charge >= 0.3 is 0 Å². The molecule has 30 heavy (non-hydrogen) atoms. The zero-order chi connectivity index (χ0) is 20.5. The minimum Gasteiger partial charge on any atom is -0.326 e. The van der Waals surface area contributed by atoms with Crippen LogP contribution in [-0.4, -0.2) is 11.8 Å². The van der Waals surface area contributed by atoms with Crippen LogP contribution in [0.5, 0.6) is 0 Å². The van der Waals surface area contributed by atoms with Gasteiger partial charge in [-0.3, -0.25) is 9.59 Å². The fourth-order valence-electron chi connectivity index (χ4n) is 4.21. The molecule has 4 nitrogen and oxygen atoms in total. The first-order valence-corrected chi connectivity index (χ1v) is 10.5. The molecule has 0 radical (unpaired) electrons. The third-order valence-electron chi connectivity index (χ3n) is 6.13. The Bertz CT molecular complexity index is 961. The predicted octanol–water partition coefficient (Wildman–Crippen LogP) is 5.17. The number of anilines is 2. The van der Waals surface area contributed by atoms with Crippen molar-refractivity contribution in [1.82, 2.24) is 0 Å². The number of hydrogen-bond acceptors (Lipinski definition) is 2. The largest absolute Gasteiger partial charge is 0.326 e. The first-order chi connectivity index (χ1) is 14.7. The molecule has 3 aromatic rings. The van der Waals surface area contributed by atoms with Crippen LogP contribution in [0.15, 0.2) is 84.9 Å². The van der Waals surface area contributed by atoms with Crippen LogP contribution in [-0.2, 0) is 9.59 Å². The highest BCUT2D eigenvalue weighted by Gasteiger charge is 2.44. The van der Waals surface area contributed by atoms with Crippen molar-refractivity contribution in [3.63, 3.8) is 0 Å². The van der Waals surface area contributed by atoms with Crippen LogP contribution in [0.3, 0.4) is 0 Å². The van der Waals surface area contributed by atoms with Crippen LogP contribution < -0.4 is 10.6 Å². The van der Waals surface area contributed by atoms with Gasteiger partial charge in [-0.15, -0.1) is 0 Å². The lowest BCUT2D eigenvalue weighted by Crippen LogP contribution is -2.16. The number of nitrogens with one attached hydrogen (secondary N) is 2. The molecule has 0 saturated heterocycles. The molecule has 4 unspecified atom stereocenters. The maximum atomic E-state index is 12.5. The average Bonchev–Trinajstić information content (AvgIpc) is 3.70. The molecular weight excluding hydrogens is 372 g/mol. The van der Waals surface area contributed by atoms with E-state index in [1.165, 1.54) is 11.1 Å². The highest BCUT2D eigenvalue weighted by Crippen LogP contribution is 2.48. The molecule has 0 heterocycles. The predicted molar refractivity (Wildman–Crippen MR) is 118 cm³/mol. The topological polar surface area (TPSA) is 58.2 Å². The Morgan fingerprint density at radius 3 is 1.30 bits per heavy atom. The van der Waals surface area contributed by atoms with Crippen LogP contribution in [0, 0.1) is 11.8 Å². The van der Waals surface area contributed by atoms with Crippen molar-refractivity contribution in [2.24, 2.45) is 11.8 Å². The first-order valence-electron chi connectivity index (χ1n) is 10.5. The lowest BCUT2D eigenvalue weighted by molar-refractivity contribution is -0.118. The second-order valence-corrected chi connectivity index (χ2v) is 8.27. The lowest BCUT2D eigenvalue weighted by Gasteiger charge is -2.08. The van der Waals surface area contributed by atoms with Gasteiger partial charge in [0.1, 0.15) is 0 Å². The van der Waals surface area contributed by atoms with Crippen LogP contribution in [0.2, 0.25) is 0 Å². The molecule has 0 aromatic heterocycles. The summed E-state index contributed by atoms with van der Waals surface area (Å²) in [5.74, 6) is 0.837. The number of amides is 2. The van der Waals surface area contributed by atoms with Gasteiger partial charge in [0.25, 0.3) is 0 Å². The highest BCUT2D eigenvalue weighted by atomic mass is 16.2. The van der Waals surface area contributed by atoms with Crippen LogP contribution in [0.25, 0.3) is 0 Å². The van der Waals surface area contributed by atoms with Crippen molar-refractivity contribution in [3.8, 4) is 0 Å². The van der Waals surface area contributed by atoms with Crippen molar-refractivity contribution in [3.05, 3.63) is 96.1 Å². The molecule has 2 aliphatic rings. The van der Waals surface area contributed by atoms with E-state index in [9.17, 15) is 9.59 Å². The molecule has 2 saturated carbocycles. The Morgan fingerprint density at radius 1 is 0.567 bits per heavy atom. The normalized spacial score (nSPS) is 24.0. The zero-order valence-electron chi connectivity index (χ0n) is 16.6. The van der Waals surface area contributed by atoms with Crippen LogP contribution in [0.4, 0.5) is 11.4 Å². The Kier molecular flexibility index (Phi) is 4.83.